The molecule has 0 atom stereocenters. The Hall–Kier alpha value is -3.82. The number of ether oxygens (including phenoxy) is 2. The zero-order valence-corrected chi connectivity index (χ0v) is 20.1. The molecule has 1 aliphatic heterocycles. The molecule has 0 bridgehead atoms. The lowest BCUT2D eigenvalue weighted by Gasteiger charge is -2.32. The van der Waals surface area contributed by atoms with Crippen molar-refractivity contribution in [2.75, 3.05) is 26.7 Å². The number of benzene rings is 3. The average molecular weight is 470 g/mol. The number of methoxy groups -OCH3 is 1. The highest BCUT2D eigenvalue weighted by Crippen LogP contribution is 2.21. The number of piperidine rings is 1. The smallest absolute Gasteiger partial charge is 0.251 e. The summed E-state index contributed by atoms with van der Waals surface area (Å²) in [6.45, 7) is 3.95. The number of nitrogens with one attached hydrogen (secondary N) is 1. The van der Waals surface area contributed by atoms with Gasteiger partial charge in [-0.2, -0.15) is 5.26 Å². The quantitative estimate of drug-likeness (QED) is 0.488. The summed E-state index contributed by atoms with van der Waals surface area (Å²) in [5, 5.41) is 12.3. The molecule has 3 aromatic carbocycles. The Morgan fingerprint density at radius 2 is 1.80 bits per heavy atom. The second-order valence-electron chi connectivity index (χ2n) is 8.86. The zero-order chi connectivity index (χ0) is 24.5. The highest BCUT2D eigenvalue weighted by molar-refractivity contribution is 5.94. The van der Waals surface area contributed by atoms with Gasteiger partial charge in [-0.05, 0) is 73.8 Å². The Balaban J connectivity index is 1.22. The van der Waals surface area contributed by atoms with Crippen LogP contribution in [-0.4, -0.2) is 37.6 Å². The van der Waals surface area contributed by atoms with Crippen molar-refractivity contribution in [3.63, 3.8) is 0 Å². The van der Waals surface area contributed by atoms with Crippen LogP contribution in [0.2, 0.25) is 0 Å². The van der Waals surface area contributed by atoms with Gasteiger partial charge >= 0.3 is 0 Å². The molecular formula is C29H31N3O3. The van der Waals surface area contributed by atoms with Crippen LogP contribution >= 0.6 is 0 Å². The molecule has 0 radical (unpaired) electrons. The molecule has 0 aromatic heterocycles. The third kappa shape index (κ3) is 6.84. The van der Waals surface area contributed by atoms with Crippen LogP contribution in [0.5, 0.6) is 11.5 Å². The summed E-state index contributed by atoms with van der Waals surface area (Å²) < 4.78 is 11.1. The summed E-state index contributed by atoms with van der Waals surface area (Å²) in [6, 6.07) is 25.0. The van der Waals surface area contributed by atoms with E-state index in [0.717, 1.165) is 43.8 Å². The number of nitriles is 1. The summed E-state index contributed by atoms with van der Waals surface area (Å²) in [5.41, 5.74) is 3.28. The third-order valence-corrected chi connectivity index (χ3v) is 6.45. The summed E-state index contributed by atoms with van der Waals surface area (Å²) in [4.78, 5) is 15.2. The number of amides is 1. The van der Waals surface area contributed by atoms with E-state index in [1.54, 1.807) is 25.3 Å². The van der Waals surface area contributed by atoms with E-state index < -0.39 is 0 Å². The van der Waals surface area contributed by atoms with Gasteiger partial charge in [0.05, 0.1) is 18.7 Å². The van der Waals surface area contributed by atoms with E-state index in [4.69, 9.17) is 9.47 Å². The Kier molecular flexibility index (Phi) is 8.37. The lowest BCUT2D eigenvalue weighted by Crippen LogP contribution is -2.38. The first-order valence-electron chi connectivity index (χ1n) is 12.0. The Morgan fingerprint density at radius 1 is 1.03 bits per heavy atom. The fourth-order valence-electron chi connectivity index (χ4n) is 4.32. The molecule has 0 saturated carbocycles. The molecule has 1 N–H and O–H groups in total. The number of hydrogen-bond acceptors (Lipinski definition) is 5. The normalized spacial score (nSPS) is 14.2. The molecule has 6 nitrogen and oxygen atoms in total. The number of likely N-dealkylation sites (tertiary alicyclic amines) is 1. The van der Waals surface area contributed by atoms with Crippen molar-refractivity contribution < 1.29 is 14.3 Å². The van der Waals surface area contributed by atoms with Crippen molar-refractivity contribution >= 4 is 5.91 Å². The van der Waals surface area contributed by atoms with Gasteiger partial charge in [-0.3, -0.25) is 9.69 Å². The van der Waals surface area contributed by atoms with Crippen molar-refractivity contribution in [3.8, 4) is 17.6 Å². The molecule has 180 valence electrons. The largest absolute Gasteiger partial charge is 0.497 e. The van der Waals surface area contributed by atoms with Crippen molar-refractivity contribution in [3.05, 3.63) is 95.1 Å². The van der Waals surface area contributed by atoms with Crippen molar-refractivity contribution in [2.24, 2.45) is 5.92 Å². The zero-order valence-electron chi connectivity index (χ0n) is 20.1. The van der Waals surface area contributed by atoms with Gasteiger partial charge in [0.15, 0.2) is 0 Å². The lowest BCUT2D eigenvalue weighted by atomic mass is 9.96. The number of carbonyl (C=O) groups is 1. The standard InChI is InChI=1S/C29H31N3O3/c1-34-27-11-9-23(10-12-27)20-32-15-13-22(14-16-32)19-31-29(33)24-7-4-8-28(17-24)35-21-26-6-3-2-5-25(26)18-30/h2-12,17,22H,13-16,19-21H2,1H3,(H,31,33). The van der Waals surface area contributed by atoms with Gasteiger partial charge in [-0.1, -0.05) is 36.4 Å². The molecular weight excluding hydrogens is 438 g/mol. The number of carbonyl (C=O) groups excluding carboxylic acids is 1. The van der Waals surface area contributed by atoms with Gasteiger partial charge in [0.2, 0.25) is 0 Å². The minimum Gasteiger partial charge on any atom is -0.497 e. The molecule has 1 amide bonds. The fraction of sp³-hybridized carbons (Fsp3) is 0.310. The molecule has 0 aliphatic carbocycles. The van der Waals surface area contributed by atoms with Crippen LogP contribution in [0.15, 0.2) is 72.8 Å². The second-order valence-corrected chi connectivity index (χ2v) is 8.86. The monoisotopic (exact) mass is 469 g/mol. The summed E-state index contributed by atoms with van der Waals surface area (Å²) in [5.74, 6) is 1.88. The molecule has 1 saturated heterocycles. The first-order valence-corrected chi connectivity index (χ1v) is 12.0. The average Bonchev–Trinajstić information content (AvgIpc) is 2.92. The van der Waals surface area contributed by atoms with Gasteiger partial charge in [-0.15, -0.1) is 0 Å². The molecule has 1 fully saturated rings. The Morgan fingerprint density at radius 3 is 2.54 bits per heavy atom. The van der Waals surface area contributed by atoms with Crippen LogP contribution in [0.4, 0.5) is 0 Å². The molecule has 0 spiro atoms. The van der Waals surface area contributed by atoms with E-state index in [1.165, 1.54) is 5.56 Å². The predicted octanol–water partition coefficient (Wildman–Crippen LogP) is 4.79. The van der Waals surface area contributed by atoms with Crippen LogP contribution in [-0.2, 0) is 13.2 Å². The van der Waals surface area contributed by atoms with Gasteiger partial charge in [0, 0.05) is 24.2 Å². The first kappa shape index (κ1) is 24.3. The van der Waals surface area contributed by atoms with E-state index in [9.17, 15) is 10.1 Å². The fourth-order valence-corrected chi connectivity index (χ4v) is 4.32. The van der Waals surface area contributed by atoms with Crippen molar-refractivity contribution in [1.29, 1.82) is 5.26 Å². The van der Waals surface area contributed by atoms with Crippen LogP contribution in [0, 0.1) is 17.2 Å². The SMILES string of the molecule is COc1ccc(CN2CCC(CNC(=O)c3cccc(OCc4ccccc4C#N)c3)CC2)cc1. The number of nitrogens with zero attached hydrogens (tertiary/aromatic N) is 2. The van der Waals surface area contributed by atoms with Crippen LogP contribution in [0.3, 0.4) is 0 Å². The van der Waals surface area contributed by atoms with Crippen molar-refractivity contribution in [2.45, 2.75) is 26.0 Å². The van der Waals surface area contributed by atoms with Gasteiger partial charge in [0.25, 0.3) is 5.91 Å². The maximum Gasteiger partial charge on any atom is 0.251 e. The minimum atomic E-state index is -0.0893. The first-order chi connectivity index (χ1) is 17.1. The molecule has 3 aromatic rings. The maximum atomic E-state index is 12.7. The van der Waals surface area contributed by atoms with E-state index in [1.807, 2.05) is 42.5 Å². The maximum absolute atomic E-state index is 12.7. The minimum absolute atomic E-state index is 0.0893. The number of rotatable bonds is 9. The highest BCUT2D eigenvalue weighted by Gasteiger charge is 2.20. The summed E-state index contributed by atoms with van der Waals surface area (Å²) in [6.07, 6.45) is 2.13. The molecule has 1 aliphatic rings. The topological polar surface area (TPSA) is 74.6 Å². The van der Waals surface area contributed by atoms with Gasteiger partial charge in [0.1, 0.15) is 18.1 Å². The highest BCUT2D eigenvalue weighted by atomic mass is 16.5. The summed E-state index contributed by atoms with van der Waals surface area (Å²) in [7, 11) is 1.68. The van der Waals surface area contributed by atoms with Gasteiger partial charge < -0.3 is 14.8 Å². The van der Waals surface area contributed by atoms with E-state index in [0.29, 0.717) is 29.3 Å². The van der Waals surface area contributed by atoms with Crippen LogP contribution < -0.4 is 14.8 Å². The Bertz CT molecular complexity index is 1160. The molecule has 0 unspecified atom stereocenters. The van der Waals surface area contributed by atoms with E-state index in [-0.39, 0.29) is 12.5 Å². The molecule has 4 rings (SSSR count). The molecule has 35 heavy (non-hydrogen) atoms. The van der Waals surface area contributed by atoms with Crippen LogP contribution in [0.25, 0.3) is 0 Å². The second kappa shape index (κ2) is 12.0. The van der Waals surface area contributed by atoms with E-state index >= 15 is 0 Å². The number of hydrogen-bond donors (Lipinski definition) is 1. The Labute approximate surface area is 207 Å². The predicted molar refractivity (Wildman–Crippen MR) is 135 cm³/mol. The van der Waals surface area contributed by atoms with E-state index in [2.05, 4.69) is 28.4 Å². The lowest BCUT2D eigenvalue weighted by molar-refractivity contribution is 0.0934. The molecule has 1 heterocycles. The molecule has 6 heteroatoms. The van der Waals surface area contributed by atoms with Crippen molar-refractivity contribution in [1.82, 2.24) is 10.2 Å². The summed E-state index contributed by atoms with van der Waals surface area (Å²) >= 11 is 0. The van der Waals surface area contributed by atoms with Crippen LogP contribution in [0.1, 0.15) is 39.9 Å². The third-order valence-electron chi connectivity index (χ3n) is 6.45. The van der Waals surface area contributed by atoms with Gasteiger partial charge in [-0.25, -0.2) is 0 Å².